The second-order valence-electron chi connectivity index (χ2n) is 3.24. The Hall–Kier alpha value is -0.730. The van der Waals surface area contributed by atoms with Crippen LogP contribution in [0.15, 0.2) is 24.3 Å². The Morgan fingerprint density at radius 2 is 1.93 bits per heavy atom. The Balaban J connectivity index is 2.12. The van der Waals surface area contributed by atoms with Gasteiger partial charge in [-0.3, -0.25) is 0 Å². The van der Waals surface area contributed by atoms with Gasteiger partial charge in [0.2, 0.25) is 0 Å². The number of hydrogen-bond donors (Lipinski definition) is 0. The van der Waals surface area contributed by atoms with Gasteiger partial charge in [-0.15, -0.1) is 0 Å². The molecule has 0 unspecified atom stereocenters. The SMILES string of the molecule is CCCCOCCOc1ccccc1Cl. The maximum absolute atomic E-state index is 5.92. The van der Waals surface area contributed by atoms with Gasteiger partial charge in [0, 0.05) is 6.61 Å². The van der Waals surface area contributed by atoms with Crippen molar-refractivity contribution in [3.8, 4) is 5.75 Å². The van der Waals surface area contributed by atoms with Crippen molar-refractivity contribution < 1.29 is 9.47 Å². The second kappa shape index (κ2) is 7.55. The highest BCUT2D eigenvalue weighted by Crippen LogP contribution is 2.22. The summed E-state index contributed by atoms with van der Waals surface area (Å²) in [5, 5.41) is 0.644. The van der Waals surface area contributed by atoms with E-state index in [-0.39, 0.29) is 0 Å². The van der Waals surface area contributed by atoms with E-state index in [1.165, 1.54) is 0 Å². The van der Waals surface area contributed by atoms with E-state index in [9.17, 15) is 0 Å². The number of ether oxygens (including phenoxy) is 2. The third kappa shape index (κ3) is 5.05. The lowest BCUT2D eigenvalue weighted by atomic mass is 10.3. The van der Waals surface area contributed by atoms with E-state index in [0.29, 0.717) is 18.2 Å². The van der Waals surface area contributed by atoms with E-state index in [2.05, 4.69) is 6.92 Å². The first-order chi connectivity index (χ1) is 7.34. The molecule has 2 nitrogen and oxygen atoms in total. The average Bonchev–Trinajstić information content (AvgIpc) is 2.25. The molecule has 1 aromatic carbocycles. The molecule has 1 aromatic rings. The summed E-state index contributed by atoms with van der Waals surface area (Å²) in [6.45, 7) is 4.12. The van der Waals surface area contributed by atoms with Crippen LogP contribution < -0.4 is 4.74 Å². The predicted molar refractivity (Wildman–Crippen MR) is 62.7 cm³/mol. The molecule has 0 heterocycles. The molecule has 0 spiro atoms. The summed E-state index contributed by atoms with van der Waals surface area (Å²) >= 11 is 5.92. The van der Waals surface area contributed by atoms with E-state index in [1.807, 2.05) is 24.3 Å². The molecule has 0 aliphatic heterocycles. The van der Waals surface area contributed by atoms with Crippen LogP contribution in [0, 0.1) is 0 Å². The average molecular weight is 229 g/mol. The number of hydrogen-bond acceptors (Lipinski definition) is 2. The Labute approximate surface area is 96.2 Å². The predicted octanol–water partition coefficient (Wildman–Crippen LogP) is 3.54. The summed E-state index contributed by atoms with van der Waals surface area (Å²) in [7, 11) is 0. The van der Waals surface area contributed by atoms with Crippen LogP contribution >= 0.6 is 11.6 Å². The van der Waals surface area contributed by atoms with Crippen LogP contribution in [0.1, 0.15) is 19.8 Å². The summed E-state index contributed by atoms with van der Waals surface area (Å²) in [5.41, 5.74) is 0. The van der Waals surface area contributed by atoms with Crippen LogP contribution in [0.3, 0.4) is 0 Å². The first-order valence-corrected chi connectivity index (χ1v) is 5.67. The van der Waals surface area contributed by atoms with Gasteiger partial charge in [-0.05, 0) is 18.6 Å². The van der Waals surface area contributed by atoms with Crippen LogP contribution in [0.4, 0.5) is 0 Å². The monoisotopic (exact) mass is 228 g/mol. The van der Waals surface area contributed by atoms with Crippen molar-refractivity contribution in [2.75, 3.05) is 19.8 Å². The molecular formula is C12H17ClO2. The summed E-state index contributed by atoms with van der Waals surface area (Å²) in [6, 6.07) is 7.45. The zero-order valence-corrected chi connectivity index (χ0v) is 9.80. The fraction of sp³-hybridized carbons (Fsp3) is 0.500. The number of benzene rings is 1. The van der Waals surface area contributed by atoms with Crippen LogP contribution in [0.2, 0.25) is 5.02 Å². The smallest absolute Gasteiger partial charge is 0.138 e. The molecule has 0 saturated heterocycles. The summed E-state index contributed by atoms with van der Waals surface area (Å²) < 4.78 is 10.8. The summed E-state index contributed by atoms with van der Waals surface area (Å²) in [4.78, 5) is 0. The number of unbranched alkanes of at least 4 members (excludes halogenated alkanes) is 1. The van der Waals surface area contributed by atoms with E-state index >= 15 is 0 Å². The minimum atomic E-state index is 0.549. The molecule has 0 N–H and O–H groups in total. The van der Waals surface area contributed by atoms with Crippen molar-refractivity contribution in [3.63, 3.8) is 0 Å². The molecule has 0 aromatic heterocycles. The van der Waals surface area contributed by atoms with Crippen LogP contribution in [0.5, 0.6) is 5.75 Å². The van der Waals surface area contributed by atoms with Gasteiger partial charge in [0.05, 0.1) is 11.6 Å². The fourth-order valence-corrected chi connectivity index (χ4v) is 1.31. The fourth-order valence-electron chi connectivity index (χ4n) is 1.12. The van der Waals surface area contributed by atoms with Gasteiger partial charge in [-0.25, -0.2) is 0 Å². The molecule has 0 atom stereocenters. The van der Waals surface area contributed by atoms with Crippen LogP contribution in [-0.4, -0.2) is 19.8 Å². The standard InChI is InChI=1S/C12H17ClO2/c1-2-3-8-14-9-10-15-12-7-5-4-6-11(12)13/h4-7H,2-3,8-10H2,1H3. The second-order valence-corrected chi connectivity index (χ2v) is 3.65. The van der Waals surface area contributed by atoms with Crippen molar-refractivity contribution in [2.45, 2.75) is 19.8 Å². The minimum Gasteiger partial charge on any atom is -0.490 e. The first kappa shape index (κ1) is 12.3. The Kier molecular flexibility index (Phi) is 6.21. The van der Waals surface area contributed by atoms with Crippen molar-refractivity contribution in [1.82, 2.24) is 0 Å². The van der Waals surface area contributed by atoms with Crippen LogP contribution in [0.25, 0.3) is 0 Å². The topological polar surface area (TPSA) is 18.5 Å². The third-order valence-electron chi connectivity index (χ3n) is 1.96. The highest BCUT2D eigenvalue weighted by atomic mass is 35.5. The van der Waals surface area contributed by atoms with Gasteiger partial charge < -0.3 is 9.47 Å². The molecule has 3 heteroatoms. The third-order valence-corrected chi connectivity index (χ3v) is 2.28. The molecule has 0 amide bonds. The van der Waals surface area contributed by atoms with E-state index in [4.69, 9.17) is 21.1 Å². The van der Waals surface area contributed by atoms with Gasteiger partial charge in [-0.1, -0.05) is 37.1 Å². The van der Waals surface area contributed by atoms with Crippen molar-refractivity contribution in [2.24, 2.45) is 0 Å². The zero-order valence-electron chi connectivity index (χ0n) is 9.04. The number of rotatable bonds is 7. The molecule has 0 radical (unpaired) electrons. The minimum absolute atomic E-state index is 0.549. The van der Waals surface area contributed by atoms with E-state index in [0.717, 1.165) is 25.2 Å². The lowest BCUT2D eigenvalue weighted by molar-refractivity contribution is 0.0981. The van der Waals surface area contributed by atoms with Gasteiger partial charge in [0.15, 0.2) is 0 Å². The maximum atomic E-state index is 5.92. The zero-order chi connectivity index (χ0) is 10.9. The molecule has 15 heavy (non-hydrogen) atoms. The molecule has 84 valence electrons. The van der Waals surface area contributed by atoms with Crippen molar-refractivity contribution >= 4 is 11.6 Å². The number of para-hydroxylation sites is 1. The highest BCUT2D eigenvalue weighted by molar-refractivity contribution is 6.32. The van der Waals surface area contributed by atoms with Crippen molar-refractivity contribution in [3.05, 3.63) is 29.3 Å². The molecule has 0 aliphatic rings. The molecule has 1 rings (SSSR count). The maximum Gasteiger partial charge on any atom is 0.138 e. The molecule has 0 aliphatic carbocycles. The van der Waals surface area contributed by atoms with Gasteiger partial charge in [-0.2, -0.15) is 0 Å². The summed E-state index contributed by atoms with van der Waals surface area (Å²) in [5.74, 6) is 0.721. The van der Waals surface area contributed by atoms with E-state index < -0.39 is 0 Å². The van der Waals surface area contributed by atoms with Gasteiger partial charge in [0.25, 0.3) is 0 Å². The summed E-state index contributed by atoms with van der Waals surface area (Å²) in [6.07, 6.45) is 2.26. The molecule has 0 saturated carbocycles. The lowest BCUT2D eigenvalue weighted by Crippen LogP contribution is -2.07. The number of halogens is 1. The van der Waals surface area contributed by atoms with Crippen LogP contribution in [-0.2, 0) is 4.74 Å². The van der Waals surface area contributed by atoms with Gasteiger partial charge >= 0.3 is 0 Å². The highest BCUT2D eigenvalue weighted by Gasteiger charge is 1.98. The molecule has 0 fully saturated rings. The Morgan fingerprint density at radius 3 is 2.67 bits per heavy atom. The Bertz CT molecular complexity index is 276. The van der Waals surface area contributed by atoms with E-state index in [1.54, 1.807) is 0 Å². The first-order valence-electron chi connectivity index (χ1n) is 5.29. The normalized spacial score (nSPS) is 10.3. The quantitative estimate of drug-likeness (QED) is 0.665. The van der Waals surface area contributed by atoms with Gasteiger partial charge in [0.1, 0.15) is 12.4 Å². The molecule has 0 bridgehead atoms. The molecular weight excluding hydrogens is 212 g/mol. The van der Waals surface area contributed by atoms with Crippen molar-refractivity contribution in [1.29, 1.82) is 0 Å². The lowest BCUT2D eigenvalue weighted by Gasteiger charge is -2.07. The largest absolute Gasteiger partial charge is 0.490 e. The Morgan fingerprint density at radius 1 is 1.13 bits per heavy atom.